The summed E-state index contributed by atoms with van der Waals surface area (Å²) in [6.45, 7) is 0. The van der Waals surface area contributed by atoms with Gasteiger partial charge in [0.05, 0.1) is 0 Å². The molecule has 0 amide bonds. The Kier molecular flexibility index (Phi) is 4.91. The summed E-state index contributed by atoms with van der Waals surface area (Å²) >= 11 is 0. The van der Waals surface area contributed by atoms with Crippen LogP contribution in [0.2, 0.25) is 0 Å². The highest BCUT2D eigenvalue weighted by atomic mass is 19.4. The van der Waals surface area contributed by atoms with Crippen molar-refractivity contribution in [2.24, 2.45) is 11.8 Å². The molecule has 0 atom stereocenters. The molecule has 0 N–H and O–H groups in total. The normalized spacial score (nSPS) is 14.5. The summed E-state index contributed by atoms with van der Waals surface area (Å²) in [5.41, 5.74) is 0. The molecule has 0 unspecified atom stereocenters. The minimum atomic E-state index is -6.15. The van der Waals surface area contributed by atoms with Gasteiger partial charge in [0.2, 0.25) is 11.8 Å². The minimum Gasteiger partial charge on any atom is -0.169 e. The molecule has 0 aromatic heterocycles. The first-order valence-corrected chi connectivity index (χ1v) is 4.25. The molecule has 0 saturated carbocycles. The summed E-state index contributed by atoms with van der Waals surface area (Å²) in [5, 5.41) is 0. The van der Waals surface area contributed by atoms with Gasteiger partial charge in [-0.2, -0.15) is 52.7 Å². The molecule has 0 aromatic rings. The van der Waals surface area contributed by atoms with Crippen molar-refractivity contribution in [1.29, 1.82) is 0 Å². The Morgan fingerprint density at radius 2 is 0.550 bits per heavy atom. The van der Waals surface area contributed by atoms with Crippen molar-refractivity contribution in [2.45, 2.75) is 24.7 Å². The van der Waals surface area contributed by atoms with Gasteiger partial charge in [0.1, 0.15) is 0 Å². The van der Waals surface area contributed by atoms with Crippen LogP contribution in [0.3, 0.4) is 0 Å². The number of hydrogen-bond donors (Lipinski definition) is 0. The Bertz CT molecular complexity index is 315. The zero-order valence-electron chi connectivity index (χ0n) is 8.69. The summed E-state index contributed by atoms with van der Waals surface area (Å²) in [4.78, 5) is 0. The molecule has 0 aliphatic heterocycles. The Morgan fingerprint density at radius 1 is 0.400 bits per heavy atom. The van der Waals surface area contributed by atoms with E-state index in [0.717, 1.165) is 0 Å². The van der Waals surface area contributed by atoms with Crippen LogP contribution >= 0.6 is 0 Å². The highest BCUT2D eigenvalue weighted by Crippen LogP contribution is 2.41. The Labute approximate surface area is 102 Å². The first-order valence-electron chi connectivity index (χ1n) is 4.25. The van der Waals surface area contributed by atoms with Crippen LogP contribution in [0, 0.1) is 23.7 Å². The Hall–Kier alpha value is -1.28. The van der Waals surface area contributed by atoms with Crippen molar-refractivity contribution in [1.82, 2.24) is 0 Å². The van der Waals surface area contributed by atoms with Gasteiger partial charge in [0.15, 0.2) is 0 Å². The number of alkyl halides is 12. The maximum absolute atomic E-state index is 11.9. The van der Waals surface area contributed by atoms with Crippen LogP contribution in [-0.2, 0) is 0 Å². The molecule has 0 nitrogen and oxygen atoms in total. The highest BCUT2D eigenvalue weighted by Gasteiger charge is 2.58. The SMILES string of the molecule is FC(F)(F)C(C#CC(C(F)(F)F)C(F)(F)F)C(F)(F)F. The molecule has 0 saturated heterocycles. The quantitative estimate of drug-likeness (QED) is 0.455. The highest BCUT2D eigenvalue weighted by molar-refractivity contribution is 5.14. The molecule has 12 heteroatoms. The second-order valence-electron chi connectivity index (χ2n) is 3.32. The van der Waals surface area contributed by atoms with Crippen LogP contribution in [0.25, 0.3) is 0 Å². The molecule has 0 radical (unpaired) electrons. The summed E-state index contributed by atoms with van der Waals surface area (Å²) < 4.78 is 142. The fourth-order valence-electron chi connectivity index (χ4n) is 0.865. The van der Waals surface area contributed by atoms with Crippen LogP contribution in [0.1, 0.15) is 0 Å². The van der Waals surface area contributed by atoms with E-state index in [2.05, 4.69) is 0 Å². The fourth-order valence-corrected chi connectivity index (χ4v) is 0.865. The summed E-state index contributed by atoms with van der Waals surface area (Å²) in [6, 6.07) is 0. The van der Waals surface area contributed by atoms with E-state index < -0.39 is 36.5 Å². The number of hydrogen-bond acceptors (Lipinski definition) is 0. The number of rotatable bonds is 0. The minimum absolute atomic E-state index is 0.0272. The molecule has 118 valence electrons. The largest absolute Gasteiger partial charge is 0.411 e. The molecule has 20 heavy (non-hydrogen) atoms. The molecule has 0 aliphatic carbocycles. The van der Waals surface area contributed by atoms with E-state index in [1.807, 2.05) is 0 Å². The van der Waals surface area contributed by atoms with Gasteiger partial charge >= 0.3 is 24.7 Å². The monoisotopic (exact) mass is 326 g/mol. The number of halogens is 12. The molecule has 0 fully saturated rings. The van der Waals surface area contributed by atoms with E-state index in [1.54, 1.807) is 0 Å². The van der Waals surface area contributed by atoms with Crippen LogP contribution in [0.5, 0.6) is 0 Å². The average Bonchev–Trinajstić information content (AvgIpc) is 2.02. The smallest absolute Gasteiger partial charge is 0.169 e. The van der Waals surface area contributed by atoms with E-state index >= 15 is 0 Å². The van der Waals surface area contributed by atoms with Gasteiger partial charge in [-0.1, -0.05) is 11.8 Å². The zero-order valence-corrected chi connectivity index (χ0v) is 8.69. The molecule has 0 aliphatic rings. The fraction of sp³-hybridized carbons (Fsp3) is 0.750. The van der Waals surface area contributed by atoms with Gasteiger partial charge in [-0.3, -0.25) is 0 Å². The van der Waals surface area contributed by atoms with Crippen molar-refractivity contribution >= 4 is 0 Å². The van der Waals surface area contributed by atoms with Crippen molar-refractivity contribution in [3.05, 3.63) is 0 Å². The molecular weight excluding hydrogens is 324 g/mol. The van der Waals surface area contributed by atoms with Gasteiger partial charge in [-0.05, 0) is 0 Å². The van der Waals surface area contributed by atoms with Gasteiger partial charge in [-0.25, -0.2) is 0 Å². The lowest BCUT2D eigenvalue weighted by molar-refractivity contribution is -0.269. The van der Waals surface area contributed by atoms with Gasteiger partial charge < -0.3 is 0 Å². The van der Waals surface area contributed by atoms with Crippen molar-refractivity contribution in [2.75, 3.05) is 0 Å². The third-order valence-corrected chi connectivity index (χ3v) is 1.68. The van der Waals surface area contributed by atoms with Gasteiger partial charge in [-0.15, -0.1) is 0 Å². The lowest BCUT2D eigenvalue weighted by Gasteiger charge is -2.20. The van der Waals surface area contributed by atoms with E-state index in [9.17, 15) is 52.7 Å². The summed E-state index contributed by atoms with van der Waals surface area (Å²) in [7, 11) is 0. The third-order valence-electron chi connectivity index (χ3n) is 1.68. The summed E-state index contributed by atoms with van der Waals surface area (Å²) in [5.74, 6) is -9.24. The van der Waals surface area contributed by atoms with E-state index in [-0.39, 0.29) is 11.8 Å². The predicted molar refractivity (Wildman–Crippen MR) is 39.0 cm³/mol. The van der Waals surface area contributed by atoms with E-state index in [1.165, 1.54) is 0 Å². The molecule has 0 heterocycles. The molecular formula is C8H2F12. The maximum Gasteiger partial charge on any atom is 0.411 e. The zero-order chi connectivity index (χ0) is 16.6. The predicted octanol–water partition coefficient (Wildman–Crippen LogP) is 4.47. The van der Waals surface area contributed by atoms with Crippen LogP contribution in [-0.4, -0.2) is 24.7 Å². The van der Waals surface area contributed by atoms with E-state index in [4.69, 9.17) is 0 Å². The second kappa shape index (κ2) is 5.25. The Morgan fingerprint density at radius 3 is 0.650 bits per heavy atom. The standard InChI is InChI=1S/C8H2F12/c9-5(10,11)3(6(12,13)14)1-2-4(7(15,16)17)8(18,19)20/h3-4H. The topological polar surface area (TPSA) is 0 Å². The van der Waals surface area contributed by atoms with Crippen molar-refractivity contribution < 1.29 is 52.7 Å². The average molecular weight is 326 g/mol. The van der Waals surface area contributed by atoms with Crippen LogP contribution in [0.15, 0.2) is 0 Å². The maximum atomic E-state index is 11.9. The first kappa shape index (κ1) is 18.7. The Balaban J connectivity index is 5.65. The lowest BCUT2D eigenvalue weighted by Crippen LogP contribution is -2.37. The van der Waals surface area contributed by atoms with Crippen molar-refractivity contribution in [3.63, 3.8) is 0 Å². The molecule has 0 aromatic carbocycles. The molecule has 0 rings (SSSR count). The second-order valence-corrected chi connectivity index (χ2v) is 3.32. The third kappa shape index (κ3) is 5.38. The van der Waals surface area contributed by atoms with Crippen LogP contribution in [0.4, 0.5) is 52.7 Å². The van der Waals surface area contributed by atoms with E-state index in [0.29, 0.717) is 0 Å². The van der Waals surface area contributed by atoms with Gasteiger partial charge in [0.25, 0.3) is 0 Å². The van der Waals surface area contributed by atoms with Crippen LogP contribution < -0.4 is 0 Å². The first-order chi connectivity index (χ1) is 8.47. The van der Waals surface area contributed by atoms with Gasteiger partial charge in [0, 0.05) is 0 Å². The van der Waals surface area contributed by atoms with Crippen molar-refractivity contribution in [3.8, 4) is 11.8 Å². The molecule has 0 spiro atoms. The lowest BCUT2D eigenvalue weighted by atomic mass is 10.1. The summed E-state index contributed by atoms with van der Waals surface area (Å²) in [6.07, 6.45) is -24.6. The molecule has 0 bridgehead atoms.